The lowest BCUT2D eigenvalue weighted by Gasteiger charge is -2.09. The van der Waals surface area contributed by atoms with Gasteiger partial charge < -0.3 is 4.74 Å². The van der Waals surface area contributed by atoms with Gasteiger partial charge in [0.2, 0.25) is 0 Å². The molecule has 0 bridgehead atoms. The van der Waals surface area contributed by atoms with Gasteiger partial charge in [0, 0.05) is 6.42 Å². The first-order valence-electron chi connectivity index (χ1n) is 2.55. The summed E-state index contributed by atoms with van der Waals surface area (Å²) in [5.41, 5.74) is 0. The quantitative estimate of drug-likeness (QED) is 0.446. The van der Waals surface area contributed by atoms with E-state index in [0.29, 0.717) is 13.0 Å². The van der Waals surface area contributed by atoms with Crippen LogP contribution in [0.5, 0.6) is 0 Å². The zero-order chi connectivity index (χ0) is 5.33. The highest BCUT2D eigenvalue weighted by Crippen LogP contribution is 2.21. The number of hydrogen-bond donors (Lipinski definition) is 0. The van der Waals surface area contributed by atoms with Crippen molar-refractivity contribution in [3.8, 4) is 0 Å². The lowest BCUT2D eigenvalue weighted by molar-refractivity contribution is -0.197. The second-order valence-electron chi connectivity index (χ2n) is 2.09. The Balaban J connectivity index is 2.40. The van der Waals surface area contributed by atoms with Gasteiger partial charge in [-0.05, 0) is 13.3 Å². The van der Waals surface area contributed by atoms with E-state index in [0.717, 1.165) is 6.42 Å². The highest BCUT2D eigenvalue weighted by molar-refractivity contribution is 4.65. The van der Waals surface area contributed by atoms with Crippen LogP contribution in [0.15, 0.2) is 0 Å². The SMILES string of the molecule is CC1([O])CCCO1. The maximum atomic E-state index is 10.7. The summed E-state index contributed by atoms with van der Waals surface area (Å²) in [6.45, 7) is 2.24. The first-order valence-corrected chi connectivity index (χ1v) is 2.55. The van der Waals surface area contributed by atoms with E-state index in [1.54, 1.807) is 6.92 Å². The van der Waals surface area contributed by atoms with E-state index in [1.807, 2.05) is 0 Å². The van der Waals surface area contributed by atoms with Crippen LogP contribution in [-0.2, 0) is 9.84 Å². The average molecular weight is 101 g/mol. The van der Waals surface area contributed by atoms with Crippen LogP contribution >= 0.6 is 0 Å². The minimum Gasteiger partial charge on any atom is -0.348 e. The van der Waals surface area contributed by atoms with Gasteiger partial charge in [-0.1, -0.05) is 0 Å². The van der Waals surface area contributed by atoms with Gasteiger partial charge in [-0.3, -0.25) is 0 Å². The van der Waals surface area contributed by atoms with E-state index in [-0.39, 0.29) is 0 Å². The van der Waals surface area contributed by atoms with Crippen LogP contribution in [0.2, 0.25) is 0 Å². The van der Waals surface area contributed by atoms with Crippen LogP contribution in [0.4, 0.5) is 0 Å². The highest BCUT2D eigenvalue weighted by atomic mass is 16.6. The van der Waals surface area contributed by atoms with Crippen molar-refractivity contribution in [2.24, 2.45) is 0 Å². The van der Waals surface area contributed by atoms with Gasteiger partial charge in [0.05, 0.1) is 6.61 Å². The van der Waals surface area contributed by atoms with Crippen LogP contribution in [0, 0.1) is 0 Å². The van der Waals surface area contributed by atoms with Crippen LogP contribution in [0.1, 0.15) is 19.8 Å². The Morgan fingerprint density at radius 1 is 1.71 bits per heavy atom. The van der Waals surface area contributed by atoms with E-state index >= 15 is 0 Å². The van der Waals surface area contributed by atoms with E-state index in [9.17, 15) is 5.11 Å². The predicted molar refractivity (Wildman–Crippen MR) is 24.3 cm³/mol. The summed E-state index contributed by atoms with van der Waals surface area (Å²) in [7, 11) is 0. The third kappa shape index (κ3) is 1.14. The lowest BCUT2D eigenvalue weighted by Crippen LogP contribution is -2.18. The summed E-state index contributed by atoms with van der Waals surface area (Å²) in [6, 6.07) is 0. The van der Waals surface area contributed by atoms with Crippen LogP contribution in [0.25, 0.3) is 0 Å². The maximum absolute atomic E-state index is 10.7. The highest BCUT2D eigenvalue weighted by Gasteiger charge is 2.27. The molecule has 2 nitrogen and oxygen atoms in total. The van der Waals surface area contributed by atoms with Crippen molar-refractivity contribution >= 4 is 0 Å². The van der Waals surface area contributed by atoms with Crippen molar-refractivity contribution < 1.29 is 9.84 Å². The summed E-state index contributed by atoms with van der Waals surface area (Å²) in [5, 5.41) is 10.7. The average Bonchev–Trinajstić information content (AvgIpc) is 1.84. The molecule has 0 aromatic rings. The van der Waals surface area contributed by atoms with E-state index < -0.39 is 5.79 Å². The number of hydrogen-bond acceptors (Lipinski definition) is 1. The van der Waals surface area contributed by atoms with Gasteiger partial charge >= 0.3 is 0 Å². The predicted octanol–water partition coefficient (Wildman–Crippen LogP) is 0.944. The molecule has 0 N–H and O–H groups in total. The van der Waals surface area contributed by atoms with Crippen molar-refractivity contribution in [2.75, 3.05) is 6.61 Å². The van der Waals surface area contributed by atoms with Crippen molar-refractivity contribution in [1.29, 1.82) is 0 Å². The Labute approximate surface area is 43.1 Å². The molecule has 2 heteroatoms. The van der Waals surface area contributed by atoms with Gasteiger partial charge in [-0.15, -0.1) is 0 Å². The van der Waals surface area contributed by atoms with Crippen molar-refractivity contribution in [1.82, 2.24) is 0 Å². The monoisotopic (exact) mass is 101 g/mol. The molecule has 1 aliphatic rings. The molecule has 0 spiro atoms. The molecule has 0 aromatic heterocycles. The van der Waals surface area contributed by atoms with Gasteiger partial charge in [-0.2, -0.15) is 5.11 Å². The van der Waals surface area contributed by atoms with Gasteiger partial charge in [0.25, 0.3) is 0 Å². The Morgan fingerprint density at radius 2 is 2.43 bits per heavy atom. The van der Waals surface area contributed by atoms with E-state index in [4.69, 9.17) is 4.74 Å². The molecule has 7 heavy (non-hydrogen) atoms. The zero-order valence-corrected chi connectivity index (χ0v) is 4.44. The largest absolute Gasteiger partial charge is 0.348 e. The molecular formula is C5H9O2. The summed E-state index contributed by atoms with van der Waals surface area (Å²) in [6.07, 6.45) is 1.60. The normalized spacial score (nSPS) is 42.0. The molecule has 1 aliphatic heterocycles. The third-order valence-electron chi connectivity index (χ3n) is 1.18. The van der Waals surface area contributed by atoms with Crippen LogP contribution < -0.4 is 0 Å². The van der Waals surface area contributed by atoms with E-state index in [1.165, 1.54) is 0 Å². The van der Waals surface area contributed by atoms with Crippen LogP contribution in [0.3, 0.4) is 0 Å². The molecule has 1 unspecified atom stereocenters. The molecule has 1 saturated heterocycles. The van der Waals surface area contributed by atoms with Gasteiger partial charge in [0.1, 0.15) is 0 Å². The maximum Gasteiger partial charge on any atom is 0.198 e. The fourth-order valence-corrected chi connectivity index (χ4v) is 0.754. The zero-order valence-electron chi connectivity index (χ0n) is 4.44. The molecule has 41 valence electrons. The van der Waals surface area contributed by atoms with Crippen molar-refractivity contribution in [2.45, 2.75) is 25.6 Å². The standard InChI is InChI=1S/C5H9O2/c1-5(6)3-2-4-7-5/h2-4H2,1H3. The van der Waals surface area contributed by atoms with Gasteiger partial charge in [-0.25, -0.2) is 0 Å². The minimum atomic E-state index is -1.06. The second kappa shape index (κ2) is 1.46. The third-order valence-corrected chi connectivity index (χ3v) is 1.18. The molecular weight excluding hydrogens is 92.1 g/mol. The van der Waals surface area contributed by atoms with Crippen molar-refractivity contribution in [3.05, 3.63) is 0 Å². The summed E-state index contributed by atoms with van der Waals surface area (Å²) in [4.78, 5) is 0. The number of ether oxygens (including phenoxy) is 1. The Morgan fingerprint density at radius 3 is 2.57 bits per heavy atom. The summed E-state index contributed by atoms with van der Waals surface area (Å²) < 4.78 is 4.78. The first kappa shape index (κ1) is 5.06. The molecule has 0 aliphatic carbocycles. The van der Waals surface area contributed by atoms with Crippen LogP contribution in [-0.4, -0.2) is 12.4 Å². The molecule has 0 saturated carbocycles. The van der Waals surface area contributed by atoms with Gasteiger partial charge in [0.15, 0.2) is 5.79 Å². The molecule has 1 heterocycles. The molecule has 1 radical (unpaired) electrons. The summed E-state index contributed by atoms with van der Waals surface area (Å²) >= 11 is 0. The van der Waals surface area contributed by atoms with Crippen molar-refractivity contribution in [3.63, 3.8) is 0 Å². The minimum absolute atomic E-state index is 0.653. The molecule has 1 rings (SSSR count). The molecule has 0 aromatic carbocycles. The lowest BCUT2D eigenvalue weighted by atomic mass is 10.2. The second-order valence-corrected chi connectivity index (χ2v) is 2.09. The first-order chi connectivity index (χ1) is 3.21. The fourth-order valence-electron chi connectivity index (χ4n) is 0.754. The Kier molecular flexibility index (Phi) is 1.05. The Bertz CT molecular complexity index is 60.5. The Hall–Kier alpha value is -0.0800. The molecule has 0 amide bonds. The number of rotatable bonds is 0. The topological polar surface area (TPSA) is 29.1 Å². The molecule has 1 atom stereocenters. The summed E-state index contributed by atoms with van der Waals surface area (Å²) in [5.74, 6) is -1.06. The van der Waals surface area contributed by atoms with E-state index in [2.05, 4.69) is 0 Å². The fraction of sp³-hybridized carbons (Fsp3) is 1.00. The molecule has 1 fully saturated rings. The smallest absolute Gasteiger partial charge is 0.198 e.